The second-order valence-electron chi connectivity index (χ2n) is 7.42. The molecule has 1 heterocycles. The number of aliphatic hydroxyl groups excluding tert-OH is 1. The van der Waals surface area contributed by atoms with Gasteiger partial charge in [0.05, 0.1) is 17.9 Å². The Hall–Kier alpha value is -3.54. The molecule has 0 amide bonds. The predicted octanol–water partition coefficient (Wildman–Crippen LogP) is 5.91. The van der Waals surface area contributed by atoms with Crippen molar-refractivity contribution in [3.8, 4) is 17.0 Å². The lowest BCUT2D eigenvalue weighted by molar-refractivity contribution is -0.274. The molecule has 0 aliphatic rings. The third-order valence-corrected chi connectivity index (χ3v) is 4.57. The summed E-state index contributed by atoms with van der Waals surface area (Å²) in [5, 5.41) is 15.0. The first-order valence-electron chi connectivity index (χ1n) is 9.91. The van der Waals surface area contributed by atoms with Crippen molar-refractivity contribution in [2.45, 2.75) is 32.4 Å². The molecule has 34 heavy (non-hydrogen) atoms. The quantitative estimate of drug-likeness (QED) is 0.361. The smallest absolute Gasteiger partial charge is 0.406 e. The molecule has 3 N–H and O–H groups in total. The number of halogens is 6. The van der Waals surface area contributed by atoms with Crippen LogP contribution in [0.25, 0.3) is 11.3 Å². The van der Waals surface area contributed by atoms with E-state index in [0.29, 0.717) is 5.56 Å². The summed E-state index contributed by atoms with van der Waals surface area (Å²) >= 11 is 0. The number of hydrogen-bond acceptors (Lipinski definition) is 6. The Kier molecular flexibility index (Phi) is 7.20. The number of aromatic nitrogens is 2. The van der Waals surface area contributed by atoms with Crippen LogP contribution in [0.2, 0.25) is 0 Å². The van der Waals surface area contributed by atoms with Gasteiger partial charge in [-0.3, -0.25) is 0 Å². The number of rotatable bonds is 7. The molecule has 3 rings (SSSR count). The van der Waals surface area contributed by atoms with Gasteiger partial charge in [0.25, 0.3) is 0 Å². The Morgan fingerprint density at radius 2 is 1.74 bits per heavy atom. The highest BCUT2D eigenvalue weighted by molar-refractivity contribution is 5.69. The molecule has 1 atom stereocenters. The molecule has 0 unspecified atom stereocenters. The minimum absolute atomic E-state index is 0.00771. The van der Waals surface area contributed by atoms with Crippen LogP contribution in [0.1, 0.15) is 18.1 Å². The van der Waals surface area contributed by atoms with Crippen molar-refractivity contribution >= 4 is 17.5 Å². The van der Waals surface area contributed by atoms with Gasteiger partial charge in [-0.05, 0) is 43.7 Å². The molecule has 6 nitrogen and oxygen atoms in total. The van der Waals surface area contributed by atoms with Gasteiger partial charge in [0.2, 0.25) is 5.95 Å². The molecule has 1 aromatic heterocycles. The molecule has 12 heteroatoms. The van der Waals surface area contributed by atoms with E-state index in [9.17, 15) is 31.4 Å². The number of alkyl halides is 6. The van der Waals surface area contributed by atoms with Crippen molar-refractivity contribution in [3.05, 3.63) is 59.7 Å². The summed E-state index contributed by atoms with van der Waals surface area (Å²) in [7, 11) is 0. The third kappa shape index (κ3) is 6.73. The van der Waals surface area contributed by atoms with Crippen LogP contribution < -0.4 is 15.4 Å². The molecule has 0 radical (unpaired) electrons. The summed E-state index contributed by atoms with van der Waals surface area (Å²) in [4.78, 5) is 8.48. The van der Waals surface area contributed by atoms with Crippen LogP contribution in [0.15, 0.2) is 48.5 Å². The maximum Gasteiger partial charge on any atom is 0.573 e. The number of hydrogen-bond donors (Lipinski definition) is 3. The molecule has 0 saturated carbocycles. The third-order valence-electron chi connectivity index (χ3n) is 4.57. The van der Waals surface area contributed by atoms with Gasteiger partial charge in [-0.2, -0.15) is 18.2 Å². The second kappa shape index (κ2) is 9.75. The van der Waals surface area contributed by atoms with Gasteiger partial charge in [-0.25, -0.2) is 4.98 Å². The fourth-order valence-corrected chi connectivity index (χ4v) is 2.91. The maximum absolute atomic E-state index is 13.1. The number of anilines is 3. The van der Waals surface area contributed by atoms with Gasteiger partial charge in [-0.15, -0.1) is 13.2 Å². The van der Waals surface area contributed by atoms with Crippen molar-refractivity contribution in [3.63, 3.8) is 0 Å². The van der Waals surface area contributed by atoms with E-state index in [1.165, 1.54) is 24.3 Å². The summed E-state index contributed by atoms with van der Waals surface area (Å²) in [6.45, 7) is 2.98. The molecular formula is C22H20F6N4O2. The fourth-order valence-electron chi connectivity index (χ4n) is 2.91. The fraction of sp³-hybridized carbons (Fsp3) is 0.273. The van der Waals surface area contributed by atoms with Crippen molar-refractivity contribution in [2.24, 2.45) is 0 Å². The predicted molar refractivity (Wildman–Crippen MR) is 114 cm³/mol. The van der Waals surface area contributed by atoms with E-state index in [-0.39, 0.29) is 35.3 Å². The Balaban J connectivity index is 2.03. The summed E-state index contributed by atoms with van der Waals surface area (Å²) in [6.07, 6.45) is -9.44. The van der Waals surface area contributed by atoms with Crippen molar-refractivity contribution in [1.29, 1.82) is 0 Å². The second-order valence-corrected chi connectivity index (χ2v) is 7.42. The van der Waals surface area contributed by atoms with Gasteiger partial charge in [0.1, 0.15) is 11.6 Å². The Morgan fingerprint density at radius 3 is 2.38 bits per heavy atom. The molecule has 0 bridgehead atoms. The Labute approximate surface area is 190 Å². The zero-order valence-electron chi connectivity index (χ0n) is 17.9. The number of nitrogens with zero attached hydrogens (tertiary/aromatic N) is 2. The van der Waals surface area contributed by atoms with Crippen LogP contribution in [-0.2, 0) is 6.18 Å². The SMILES string of the molecule is Cc1ccc(C(F)(F)F)cc1Nc1cc(-c2cccc(OC(F)(F)F)c2)nc(N[C@@H](C)CO)n1. The Morgan fingerprint density at radius 1 is 1.00 bits per heavy atom. The average molecular weight is 486 g/mol. The van der Waals surface area contributed by atoms with Crippen LogP contribution in [0, 0.1) is 6.92 Å². The minimum atomic E-state index is -4.89. The van der Waals surface area contributed by atoms with E-state index in [2.05, 4.69) is 25.3 Å². The summed E-state index contributed by atoms with van der Waals surface area (Å²) in [6, 6.07) is 9.16. The van der Waals surface area contributed by atoms with E-state index in [4.69, 9.17) is 0 Å². The highest BCUT2D eigenvalue weighted by atomic mass is 19.4. The maximum atomic E-state index is 13.1. The number of aliphatic hydroxyl groups is 1. The average Bonchev–Trinajstić information content (AvgIpc) is 2.73. The van der Waals surface area contributed by atoms with Gasteiger partial charge >= 0.3 is 12.5 Å². The highest BCUT2D eigenvalue weighted by Crippen LogP contribution is 2.34. The summed E-state index contributed by atoms with van der Waals surface area (Å²) in [5.74, 6) is -0.374. The monoisotopic (exact) mass is 486 g/mol. The molecule has 0 spiro atoms. The van der Waals surface area contributed by atoms with Crippen LogP contribution in [0.5, 0.6) is 5.75 Å². The van der Waals surface area contributed by atoms with Crippen molar-refractivity contribution in [1.82, 2.24) is 9.97 Å². The lowest BCUT2D eigenvalue weighted by Gasteiger charge is -2.16. The first-order chi connectivity index (χ1) is 15.8. The molecule has 0 fully saturated rings. The molecule has 0 aliphatic heterocycles. The van der Waals surface area contributed by atoms with Crippen LogP contribution in [0.3, 0.4) is 0 Å². The number of benzene rings is 2. The first-order valence-corrected chi connectivity index (χ1v) is 9.91. The zero-order valence-corrected chi connectivity index (χ0v) is 17.9. The molecule has 3 aromatic rings. The highest BCUT2D eigenvalue weighted by Gasteiger charge is 2.32. The van der Waals surface area contributed by atoms with Crippen LogP contribution in [-0.4, -0.2) is 34.1 Å². The lowest BCUT2D eigenvalue weighted by atomic mass is 10.1. The van der Waals surface area contributed by atoms with Gasteiger partial charge in [0.15, 0.2) is 0 Å². The van der Waals surface area contributed by atoms with Gasteiger partial charge < -0.3 is 20.5 Å². The topological polar surface area (TPSA) is 79.3 Å². The summed E-state index contributed by atoms with van der Waals surface area (Å²) in [5.41, 5.74) is 0.191. The van der Waals surface area contributed by atoms with Gasteiger partial charge in [0, 0.05) is 23.4 Å². The van der Waals surface area contributed by atoms with E-state index in [1.807, 2.05) is 0 Å². The Bertz CT molecular complexity index is 1150. The van der Waals surface area contributed by atoms with E-state index < -0.39 is 29.9 Å². The van der Waals surface area contributed by atoms with Crippen LogP contribution >= 0.6 is 0 Å². The van der Waals surface area contributed by atoms with E-state index in [1.54, 1.807) is 13.8 Å². The summed E-state index contributed by atoms with van der Waals surface area (Å²) < 4.78 is 81.2. The number of ether oxygens (including phenoxy) is 1. The first kappa shape index (κ1) is 25.1. The van der Waals surface area contributed by atoms with E-state index in [0.717, 1.165) is 24.3 Å². The molecule has 0 saturated heterocycles. The minimum Gasteiger partial charge on any atom is -0.406 e. The van der Waals surface area contributed by atoms with Crippen molar-refractivity contribution < 1.29 is 36.2 Å². The lowest BCUT2D eigenvalue weighted by Crippen LogP contribution is -2.21. The van der Waals surface area contributed by atoms with Crippen LogP contribution in [0.4, 0.5) is 43.8 Å². The standard InChI is InChI=1S/C22H20F6N4O2/c1-12-6-7-15(21(23,24)25)9-17(12)30-19-10-18(31-20(32-19)29-13(2)11-33)14-4-3-5-16(8-14)34-22(26,27)28/h3-10,13,33H,11H2,1-2H3,(H2,29,30,31,32)/t13-/m0/s1. The molecule has 182 valence electrons. The number of nitrogens with one attached hydrogen (secondary N) is 2. The zero-order chi connectivity index (χ0) is 25.1. The molecule has 0 aliphatic carbocycles. The largest absolute Gasteiger partial charge is 0.573 e. The van der Waals surface area contributed by atoms with E-state index >= 15 is 0 Å². The molecule has 2 aromatic carbocycles. The molecular weight excluding hydrogens is 466 g/mol. The van der Waals surface area contributed by atoms with Gasteiger partial charge in [-0.1, -0.05) is 18.2 Å². The normalized spacial score (nSPS) is 12.9. The number of aryl methyl sites for hydroxylation is 1. The van der Waals surface area contributed by atoms with Crippen molar-refractivity contribution in [2.75, 3.05) is 17.2 Å².